The van der Waals surface area contributed by atoms with E-state index in [0.717, 1.165) is 47.4 Å². The quantitative estimate of drug-likeness (QED) is 0.416. The van der Waals surface area contributed by atoms with Crippen LogP contribution in [0.2, 0.25) is 0 Å². The van der Waals surface area contributed by atoms with Crippen molar-refractivity contribution in [1.82, 2.24) is 20.3 Å². The van der Waals surface area contributed by atoms with Gasteiger partial charge in [-0.25, -0.2) is 9.97 Å². The smallest absolute Gasteiger partial charge is 0.224 e. The van der Waals surface area contributed by atoms with Crippen LogP contribution in [-0.4, -0.2) is 59.8 Å². The number of likely N-dealkylation sites (N-methyl/N-ethyl adjacent to an activating group) is 1. The van der Waals surface area contributed by atoms with Gasteiger partial charge in [0, 0.05) is 48.3 Å². The van der Waals surface area contributed by atoms with Crippen LogP contribution in [0.1, 0.15) is 26.7 Å². The molecule has 1 unspecified atom stereocenters. The molecule has 166 valence electrons. The number of hydrazone groups is 1. The molecular weight excluding hydrogens is 412 g/mol. The van der Waals surface area contributed by atoms with E-state index in [-0.39, 0.29) is 12.1 Å². The largest absolute Gasteiger partial charge is 0.369 e. The fourth-order valence-electron chi connectivity index (χ4n) is 2.84. The number of anilines is 3. The maximum absolute atomic E-state index is 11.6. The highest BCUT2D eigenvalue weighted by molar-refractivity contribution is 7.99. The summed E-state index contributed by atoms with van der Waals surface area (Å²) in [7, 11) is 4.08. The van der Waals surface area contributed by atoms with E-state index in [0.29, 0.717) is 11.6 Å². The number of carbonyl (C=O) groups excluding carboxylic acids is 1. The molecule has 1 aromatic heterocycles. The molecule has 0 spiro atoms. The fourth-order valence-corrected chi connectivity index (χ4v) is 3.61. The van der Waals surface area contributed by atoms with Crippen molar-refractivity contribution in [2.24, 2.45) is 5.10 Å². The van der Waals surface area contributed by atoms with E-state index in [2.05, 4.69) is 41.3 Å². The molecule has 1 aliphatic heterocycles. The normalized spacial score (nSPS) is 15.4. The highest BCUT2D eigenvalue weighted by Crippen LogP contribution is 2.28. The highest BCUT2D eigenvalue weighted by atomic mass is 32.2. The van der Waals surface area contributed by atoms with E-state index in [1.165, 1.54) is 11.8 Å². The van der Waals surface area contributed by atoms with Crippen LogP contribution < -0.4 is 21.4 Å². The summed E-state index contributed by atoms with van der Waals surface area (Å²) in [5, 5.41) is 14.5. The Morgan fingerprint density at radius 2 is 1.97 bits per heavy atom. The van der Waals surface area contributed by atoms with Crippen LogP contribution in [0.5, 0.6) is 0 Å². The summed E-state index contributed by atoms with van der Waals surface area (Å²) in [6.45, 7) is 5.51. The molecule has 10 heteroatoms. The zero-order valence-corrected chi connectivity index (χ0v) is 19.2. The van der Waals surface area contributed by atoms with Crippen LogP contribution >= 0.6 is 11.8 Å². The number of carbonyl (C=O) groups is 1. The maximum Gasteiger partial charge on any atom is 0.224 e. The topological polar surface area (TPSA) is 107 Å². The Labute approximate surface area is 187 Å². The van der Waals surface area contributed by atoms with E-state index in [1.54, 1.807) is 0 Å². The minimum absolute atomic E-state index is 0.00399. The van der Waals surface area contributed by atoms with Crippen LogP contribution in [-0.2, 0) is 4.79 Å². The number of hydrogen-bond donors (Lipinski definition) is 4. The number of hydrogen-bond acceptors (Lipinski definition) is 9. The number of benzene rings is 1. The molecular formula is C21H30N8OS. The lowest BCUT2D eigenvalue weighted by Gasteiger charge is -2.16. The number of nitrogens with one attached hydrogen (secondary N) is 4. The second-order valence-electron chi connectivity index (χ2n) is 7.56. The number of aromatic nitrogens is 2. The van der Waals surface area contributed by atoms with Gasteiger partial charge in [0.25, 0.3) is 0 Å². The van der Waals surface area contributed by atoms with Gasteiger partial charge < -0.3 is 20.9 Å². The first-order valence-electron chi connectivity index (χ1n) is 10.3. The summed E-state index contributed by atoms with van der Waals surface area (Å²) >= 11 is 1.47. The van der Waals surface area contributed by atoms with Gasteiger partial charge in [-0.05, 0) is 57.0 Å². The van der Waals surface area contributed by atoms with Gasteiger partial charge in [-0.3, -0.25) is 10.2 Å². The number of nitrogens with zero attached hydrogens (tertiary/aromatic N) is 4. The predicted octanol–water partition coefficient (Wildman–Crippen LogP) is 3.06. The van der Waals surface area contributed by atoms with Gasteiger partial charge in [-0.2, -0.15) is 5.10 Å². The number of amides is 1. The Bertz CT molecular complexity index is 916. The summed E-state index contributed by atoms with van der Waals surface area (Å²) in [5.41, 5.74) is 4.91. The van der Waals surface area contributed by atoms with Gasteiger partial charge in [0.2, 0.25) is 5.91 Å². The molecule has 0 radical (unpaired) electrons. The lowest BCUT2D eigenvalue weighted by molar-refractivity contribution is -0.115. The number of rotatable bonds is 10. The molecule has 0 bridgehead atoms. The van der Waals surface area contributed by atoms with Crippen LogP contribution in [0.15, 0.2) is 45.5 Å². The first-order valence-corrected chi connectivity index (χ1v) is 11.1. The third kappa shape index (κ3) is 7.41. The SMILES string of the molecule is CCC(=O)Nc1ccc(Sc2nc(NCCN(C)C)cc(NC3CC(C)=NN3)n2)cc1. The molecule has 0 saturated heterocycles. The van der Waals surface area contributed by atoms with Crippen LogP contribution in [0.3, 0.4) is 0 Å². The molecule has 2 heterocycles. The van der Waals surface area contributed by atoms with Crippen LogP contribution in [0, 0.1) is 0 Å². The van der Waals surface area contributed by atoms with E-state index >= 15 is 0 Å². The van der Waals surface area contributed by atoms with E-state index in [1.807, 2.05) is 58.3 Å². The minimum Gasteiger partial charge on any atom is -0.369 e. The fraction of sp³-hybridized carbons (Fsp3) is 0.429. The van der Waals surface area contributed by atoms with Gasteiger partial charge in [0.1, 0.15) is 17.8 Å². The Hall–Kier alpha value is -2.85. The maximum atomic E-state index is 11.6. The van der Waals surface area contributed by atoms with Crippen molar-refractivity contribution in [3.05, 3.63) is 30.3 Å². The Morgan fingerprint density at radius 3 is 2.61 bits per heavy atom. The predicted molar refractivity (Wildman–Crippen MR) is 127 cm³/mol. The van der Waals surface area contributed by atoms with E-state index in [9.17, 15) is 4.79 Å². The molecule has 0 saturated carbocycles. The van der Waals surface area contributed by atoms with Crippen molar-refractivity contribution >= 4 is 40.7 Å². The summed E-state index contributed by atoms with van der Waals surface area (Å²) < 4.78 is 0. The molecule has 1 amide bonds. The zero-order chi connectivity index (χ0) is 22.2. The third-order valence-corrected chi connectivity index (χ3v) is 5.35. The molecule has 31 heavy (non-hydrogen) atoms. The summed E-state index contributed by atoms with van der Waals surface area (Å²) in [6, 6.07) is 9.59. The van der Waals surface area contributed by atoms with Crippen molar-refractivity contribution in [2.75, 3.05) is 43.1 Å². The monoisotopic (exact) mass is 442 g/mol. The average Bonchev–Trinajstić information content (AvgIpc) is 3.13. The Balaban J connectivity index is 1.72. The minimum atomic E-state index is -0.00399. The second kappa shape index (κ2) is 11.0. The van der Waals surface area contributed by atoms with Crippen molar-refractivity contribution in [2.45, 2.75) is 42.9 Å². The molecule has 1 aliphatic rings. The lowest BCUT2D eigenvalue weighted by Crippen LogP contribution is -2.29. The van der Waals surface area contributed by atoms with Crippen molar-refractivity contribution < 1.29 is 4.79 Å². The Kier molecular flexibility index (Phi) is 8.07. The second-order valence-corrected chi connectivity index (χ2v) is 8.60. The van der Waals surface area contributed by atoms with Crippen molar-refractivity contribution in [3.63, 3.8) is 0 Å². The highest BCUT2D eigenvalue weighted by Gasteiger charge is 2.16. The molecule has 1 atom stereocenters. The van der Waals surface area contributed by atoms with Gasteiger partial charge in [0.05, 0.1) is 0 Å². The lowest BCUT2D eigenvalue weighted by atomic mass is 10.2. The van der Waals surface area contributed by atoms with E-state index in [4.69, 9.17) is 0 Å². The van der Waals surface area contributed by atoms with Crippen molar-refractivity contribution in [1.29, 1.82) is 0 Å². The first-order chi connectivity index (χ1) is 14.9. The van der Waals surface area contributed by atoms with Gasteiger partial charge in [-0.1, -0.05) is 6.92 Å². The average molecular weight is 443 g/mol. The molecule has 1 aromatic carbocycles. The van der Waals surface area contributed by atoms with Crippen LogP contribution in [0.4, 0.5) is 17.3 Å². The molecule has 9 nitrogen and oxygen atoms in total. The van der Waals surface area contributed by atoms with Gasteiger partial charge >= 0.3 is 0 Å². The molecule has 0 fully saturated rings. The molecule has 0 aliphatic carbocycles. The summed E-state index contributed by atoms with van der Waals surface area (Å²) in [4.78, 5) is 24.0. The van der Waals surface area contributed by atoms with Gasteiger partial charge in [0.15, 0.2) is 5.16 Å². The van der Waals surface area contributed by atoms with E-state index < -0.39 is 0 Å². The molecule has 3 rings (SSSR count). The Morgan fingerprint density at radius 1 is 1.23 bits per heavy atom. The standard InChI is InChI=1S/C21H30N8OS/c1-5-20(30)23-15-6-8-16(9-7-15)31-21-25-17(22-10-11-29(3)4)13-18(26-21)24-19-12-14(2)27-28-19/h6-9,13,19,28H,5,10-12H2,1-4H3,(H,23,30)(H2,22,24,25,26). The van der Waals surface area contributed by atoms with Crippen molar-refractivity contribution in [3.8, 4) is 0 Å². The molecule has 4 N–H and O–H groups in total. The third-order valence-electron chi connectivity index (χ3n) is 4.47. The van der Waals surface area contributed by atoms with Gasteiger partial charge in [-0.15, -0.1) is 0 Å². The van der Waals surface area contributed by atoms with Crippen LogP contribution in [0.25, 0.3) is 0 Å². The summed E-state index contributed by atoms with van der Waals surface area (Å²) in [6.07, 6.45) is 1.29. The zero-order valence-electron chi connectivity index (χ0n) is 18.4. The summed E-state index contributed by atoms with van der Waals surface area (Å²) in [5.74, 6) is 1.50. The molecule has 2 aromatic rings. The first kappa shape index (κ1) is 22.8.